The van der Waals surface area contributed by atoms with Crippen molar-refractivity contribution in [2.24, 2.45) is 0 Å². The van der Waals surface area contributed by atoms with Crippen LogP contribution in [0.15, 0.2) is 42.5 Å². The summed E-state index contributed by atoms with van der Waals surface area (Å²) < 4.78 is 0. The molecule has 3 heteroatoms. The van der Waals surface area contributed by atoms with Gasteiger partial charge in [0.05, 0.1) is 0 Å². The van der Waals surface area contributed by atoms with Crippen LogP contribution in [0.1, 0.15) is 23.6 Å². The quantitative estimate of drug-likeness (QED) is 0.851. The molecule has 21 heavy (non-hydrogen) atoms. The summed E-state index contributed by atoms with van der Waals surface area (Å²) in [4.78, 5) is 2.28. The van der Waals surface area contributed by atoms with Crippen molar-refractivity contribution in [3.63, 3.8) is 0 Å². The first kappa shape index (κ1) is 15.9. The summed E-state index contributed by atoms with van der Waals surface area (Å²) in [6.45, 7) is 6.96. The van der Waals surface area contributed by atoms with Gasteiger partial charge in [-0.15, -0.1) is 0 Å². The zero-order chi connectivity index (χ0) is 15.2. The zero-order valence-electron chi connectivity index (χ0n) is 13.0. The van der Waals surface area contributed by atoms with E-state index in [0.29, 0.717) is 0 Å². The Labute approximate surface area is 132 Å². The first-order valence-corrected chi connectivity index (χ1v) is 7.74. The van der Waals surface area contributed by atoms with Gasteiger partial charge in [-0.25, -0.2) is 0 Å². The molecule has 2 rings (SSSR count). The van der Waals surface area contributed by atoms with Gasteiger partial charge in [0.15, 0.2) is 0 Å². The van der Waals surface area contributed by atoms with Crippen LogP contribution in [0.3, 0.4) is 0 Å². The van der Waals surface area contributed by atoms with E-state index in [1.54, 1.807) is 0 Å². The Morgan fingerprint density at radius 1 is 1.10 bits per heavy atom. The summed E-state index contributed by atoms with van der Waals surface area (Å²) in [6, 6.07) is 14.6. The summed E-state index contributed by atoms with van der Waals surface area (Å²) in [6.07, 6.45) is 0. The molecule has 0 bridgehead atoms. The number of nitrogens with one attached hydrogen (secondary N) is 1. The molecule has 0 aliphatic heterocycles. The predicted octanol–water partition coefficient (Wildman–Crippen LogP) is 4.39. The molecule has 2 nitrogen and oxygen atoms in total. The molecule has 1 N–H and O–H groups in total. The second kappa shape index (κ2) is 7.48. The van der Waals surface area contributed by atoms with E-state index in [0.717, 1.165) is 24.7 Å². The summed E-state index contributed by atoms with van der Waals surface area (Å²) in [5, 5.41) is 4.16. The zero-order valence-corrected chi connectivity index (χ0v) is 13.7. The Kier molecular flexibility index (Phi) is 5.66. The molecule has 2 aromatic carbocycles. The monoisotopic (exact) mass is 302 g/mol. The van der Waals surface area contributed by atoms with Crippen LogP contribution in [0.25, 0.3) is 0 Å². The van der Waals surface area contributed by atoms with Crippen LogP contribution >= 0.6 is 11.6 Å². The molecule has 0 aliphatic rings. The van der Waals surface area contributed by atoms with Crippen LogP contribution in [0, 0.1) is 6.92 Å². The lowest BCUT2D eigenvalue weighted by Gasteiger charge is -2.24. The topological polar surface area (TPSA) is 15.3 Å². The highest BCUT2D eigenvalue weighted by atomic mass is 35.5. The van der Waals surface area contributed by atoms with Crippen LogP contribution in [-0.2, 0) is 13.1 Å². The minimum Gasteiger partial charge on any atom is -0.370 e. The van der Waals surface area contributed by atoms with Crippen molar-refractivity contribution in [1.29, 1.82) is 0 Å². The lowest BCUT2D eigenvalue weighted by Crippen LogP contribution is -2.21. The van der Waals surface area contributed by atoms with Gasteiger partial charge in [-0.1, -0.05) is 42.8 Å². The Hall–Kier alpha value is -1.51. The fourth-order valence-corrected chi connectivity index (χ4v) is 2.65. The second-order valence-electron chi connectivity index (χ2n) is 5.34. The van der Waals surface area contributed by atoms with E-state index < -0.39 is 0 Å². The maximum Gasteiger partial charge on any atom is 0.0428 e. The van der Waals surface area contributed by atoms with E-state index >= 15 is 0 Å². The summed E-state index contributed by atoms with van der Waals surface area (Å²) >= 11 is 6.14. The molecule has 0 fully saturated rings. The third kappa shape index (κ3) is 4.23. The van der Waals surface area contributed by atoms with E-state index in [4.69, 9.17) is 11.6 Å². The van der Waals surface area contributed by atoms with Gasteiger partial charge in [0.25, 0.3) is 0 Å². The number of rotatable bonds is 6. The molecule has 0 aliphatic carbocycles. The van der Waals surface area contributed by atoms with E-state index in [1.165, 1.54) is 22.4 Å². The van der Waals surface area contributed by atoms with Gasteiger partial charge in [-0.05, 0) is 48.4 Å². The van der Waals surface area contributed by atoms with Crippen molar-refractivity contribution >= 4 is 17.3 Å². The molecule has 0 heterocycles. The highest BCUT2D eigenvalue weighted by Crippen LogP contribution is 2.25. The van der Waals surface area contributed by atoms with E-state index in [-0.39, 0.29) is 0 Å². The Morgan fingerprint density at radius 3 is 2.57 bits per heavy atom. The molecule has 0 unspecified atom stereocenters. The van der Waals surface area contributed by atoms with Gasteiger partial charge in [0, 0.05) is 30.8 Å². The molecule has 0 atom stereocenters. The summed E-state index contributed by atoms with van der Waals surface area (Å²) in [5.41, 5.74) is 5.14. The normalized spacial score (nSPS) is 10.7. The van der Waals surface area contributed by atoms with Gasteiger partial charge >= 0.3 is 0 Å². The predicted molar refractivity (Wildman–Crippen MR) is 92.1 cm³/mol. The minimum atomic E-state index is 0.788. The van der Waals surface area contributed by atoms with Crippen molar-refractivity contribution in [3.05, 3.63) is 64.2 Å². The molecule has 0 radical (unpaired) electrons. The molecule has 0 aromatic heterocycles. The van der Waals surface area contributed by atoms with Gasteiger partial charge < -0.3 is 10.2 Å². The number of halogens is 1. The third-order valence-corrected chi connectivity index (χ3v) is 3.92. The van der Waals surface area contributed by atoms with E-state index in [9.17, 15) is 0 Å². The van der Waals surface area contributed by atoms with Crippen molar-refractivity contribution in [2.75, 3.05) is 18.5 Å². The van der Waals surface area contributed by atoms with Crippen molar-refractivity contribution in [2.45, 2.75) is 26.9 Å². The largest absolute Gasteiger partial charge is 0.370 e. The standard InChI is InChI=1S/C18H23ClN2/c1-4-20-12-16-11-17(19)9-10-18(16)21(3)13-15-8-6-5-7-14(15)2/h5-11,20H,4,12-13H2,1-3H3. The molecular weight excluding hydrogens is 280 g/mol. The Morgan fingerprint density at radius 2 is 1.86 bits per heavy atom. The lowest BCUT2D eigenvalue weighted by atomic mass is 10.1. The van der Waals surface area contributed by atoms with Gasteiger partial charge in [0.2, 0.25) is 0 Å². The van der Waals surface area contributed by atoms with Crippen LogP contribution in [0.4, 0.5) is 5.69 Å². The number of nitrogens with zero attached hydrogens (tertiary/aromatic N) is 1. The molecule has 0 saturated carbocycles. The SMILES string of the molecule is CCNCc1cc(Cl)ccc1N(C)Cc1ccccc1C. The van der Waals surface area contributed by atoms with Crippen LogP contribution in [0.5, 0.6) is 0 Å². The average Bonchev–Trinajstić information content (AvgIpc) is 2.47. The fourth-order valence-electron chi connectivity index (χ4n) is 2.46. The summed E-state index contributed by atoms with van der Waals surface area (Å²) in [7, 11) is 2.13. The Balaban J connectivity index is 2.22. The van der Waals surface area contributed by atoms with E-state index in [1.807, 2.05) is 12.1 Å². The number of hydrogen-bond acceptors (Lipinski definition) is 2. The van der Waals surface area contributed by atoms with E-state index in [2.05, 4.69) is 61.4 Å². The highest BCUT2D eigenvalue weighted by Gasteiger charge is 2.09. The molecule has 2 aromatic rings. The first-order chi connectivity index (χ1) is 10.1. The van der Waals surface area contributed by atoms with Crippen molar-refractivity contribution in [3.8, 4) is 0 Å². The smallest absolute Gasteiger partial charge is 0.0428 e. The molecule has 0 amide bonds. The molecular formula is C18H23ClN2. The molecule has 112 valence electrons. The molecule has 0 spiro atoms. The van der Waals surface area contributed by atoms with Crippen LogP contribution in [-0.4, -0.2) is 13.6 Å². The maximum absolute atomic E-state index is 6.14. The van der Waals surface area contributed by atoms with Gasteiger partial charge in [0.1, 0.15) is 0 Å². The summed E-state index contributed by atoms with van der Waals surface area (Å²) in [5.74, 6) is 0. The minimum absolute atomic E-state index is 0.788. The molecule has 0 saturated heterocycles. The van der Waals surface area contributed by atoms with Gasteiger partial charge in [-0.3, -0.25) is 0 Å². The Bertz CT molecular complexity index is 596. The highest BCUT2D eigenvalue weighted by molar-refractivity contribution is 6.30. The van der Waals surface area contributed by atoms with Gasteiger partial charge in [-0.2, -0.15) is 0 Å². The second-order valence-corrected chi connectivity index (χ2v) is 5.77. The number of aryl methyl sites for hydroxylation is 1. The number of anilines is 1. The first-order valence-electron chi connectivity index (χ1n) is 7.36. The van der Waals surface area contributed by atoms with Crippen molar-refractivity contribution in [1.82, 2.24) is 5.32 Å². The van der Waals surface area contributed by atoms with Crippen molar-refractivity contribution < 1.29 is 0 Å². The average molecular weight is 303 g/mol. The van der Waals surface area contributed by atoms with Crippen LogP contribution in [0.2, 0.25) is 5.02 Å². The number of benzene rings is 2. The third-order valence-electron chi connectivity index (χ3n) is 3.69. The fraction of sp³-hybridized carbons (Fsp3) is 0.333. The van der Waals surface area contributed by atoms with Crippen LogP contribution < -0.4 is 10.2 Å². The maximum atomic E-state index is 6.14. The lowest BCUT2D eigenvalue weighted by molar-refractivity contribution is 0.723. The number of hydrogen-bond donors (Lipinski definition) is 1.